The third-order valence-electron chi connectivity index (χ3n) is 2.89. The van der Waals surface area contributed by atoms with Gasteiger partial charge in [0.15, 0.2) is 0 Å². The summed E-state index contributed by atoms with van der Waals surface area (Å²) < 4.78 is 1.29. The van der Waals surface area contributed by atoms with Crippen molar-refractivity contribution in [1.82, 2.24) is 14.5 Å². The highest BCUT2D eigenvalue weighted by molar-refractivity contribution is 4.91. The molecule has 1 aromatic rings. The average molecular weight is 237 g/mol. The van der Waals surface area contributed by atoms with Gasteiger partial charge >= 0.3 is 0 Å². The van der Waals surface area contributed by atoms with Gasteiger partial charge in [-0.3, -0.25) is 14.6 Å². The van der Waals surface area contributed by atoms with Crippen LogP contribution >= 0.6 is 0 Å². The number of likely N-dealkylation sites (tertiary alicyclic amines) is 1. The summed E-state index contributed by atoms with van der Waals surface area (Å²) >= 11 is 0. The minimum atomic E-state index is -0.183. The van der Waals surface area contributed by atoms with E-state index in [2.05, 4.69) is 4.90 Å². The van der Waals surface area contributed by atoms with Crippen LogP contribution in [-0.2, 0) is 0 Å². The fraction of sp³-hybridized carbons (Fsp3) is 0.583. The number of hydrogen-bond donors (Lipinski definition) is 0. The SMILES string of the molecule is CN(C)C(On1ccccc1=O)N1CCCC1. The van der Waals surface area contributed by atoms with E-state index >= 15 is 0 Å². The monoisotopic (exact) mass is 237 g/mol. The molecule has 1 unspecified atom stereocenters. The lowest BCUT2D eigenvalue weighted by molar-refractivity contribution is -0.135. The molecule has 5 nitrogen and oxygen atoms in total. The van der Waals surface area contributed by atoms with E-state index in [-0.39, 0.29) is 11.9 Å². The van der Waals surface area contributed by atoms with Crippen molar-refractivity contribution < 1.29 is 4.84 Å². The summed E-state index contributed by atoms with van der Waals surface area (Å²) in [5.41, 5.74) is -0.140. The van der Waals surface area contributed by atoms with Crippen molar-refractivity contribution >= 4 is 0 Å². The Labute approximate surface area is 101 Å². The van der Waals surface area contributed by atoms with Gasteiger partial charge in [-0.15, -0.1) is 4.73 Å². The summed E-state index contributed by atoms with van der Waals surface area (Å²) in [6.07, 6.45) is 3.85. The van der Waals surface area contributed by atoms with Crippen LogP contribution in [0.15, 0.2) is 29.2 Å². The van der Waals surface area contributed by atoms with Crippen molar-refractivity contribution in [3.8, 4) is 0 Å². The predicted molar refractivity (Wildman–Crippen MR) is 65.6 cm³/mol. The molecule has 0 spiro atoms. The summed E-state index contributed by atoms with van der Waals surface area (Å²) in [7, 11) is 3.91. The summed E-state index contributed by atoms with van der Waals surface area (Å²) in [5, 5.41) is 0. The van der Waals surface area contributed by atoms with E-state index < -0.39 is 0 Å². The molecule has 0 saturated carbocycles. The first-order valence-corrected chi connectivity index (χ1v) is 5.94. The Morgan fingerprint density at radius 2 is 2.00 bits per heavy atom. The molecule has 1 atom stereocenters. The molecule has 17 heavy (non-hydrogen) atoms. The maximum atomic E-state index is 11.6. The molecule has 0 radical (unpaired) electrons. The second-order valence-electron chi connectivity index (χ2n) is 4.50. The molecule has 0 amide bonds. The minimum Gasteiger partial charge on any atom is -0.375 e. The van der Waals surface area contributed by atoms with Gasteiger partial charge in [0, 0.05) is 25.4 Å². The Morgan fingerprint density at radius 1 is 1.29 bits per heavy atom. The number of nitrogens with zero attached hydrogens (tertiary/aromatic N) is 3. The Morgan fingerprint density at radius 3 is 2.59 bits per heavy atom. The average Bonchev–Trinajstić information content (AvgIpc) is 2.81. The Balaban J connectivity index is 2.12. The van der Waals surface area contributed by atoms with Gasteiger partial charge in [-0.2, -0.15) is 0 Å². The molecular formula is C12H19N3O2. The van der Waals surface area contributed by atoms with Crippen molar-refractivity contribution in [2.24, 2.45) is 0 Å². The van der Waals surface area contributed by atoms with E-state index in [0.29, 0.717) is 0 Å². The molecule has 0 aromatic carbocycles. The normalized spacial score (nSPS) is 18.5. The zero-order valence-electron chi connectivity index (χ0n) is 10.4. The third kappa shape index (κ3) is 2.87. The van der Waals surface area contributed by atoms with Gasteiger partial charge in [0.05, 0.1) is 0 Å². The second kappa shape index (κ2) is 5.33. The Hall–Kier alpha value is -1.33. The summed E-state index contributed by atoms with van der Waals surface area (Å²) in [4.78, 5) is 21.6. The smallest absolute Gasteiger partial charge is 0.283 e. The lowest BCUT2D eigenvalue weighted by atomic mass is 10.4. The third-order valence-corrected chi connectivity index (χ3v) is 2.89. The fourth-order valence-electron chi connectivity index (χ4n) is 2.05. The Kier molecular flexibility index (Phi) is 3.81. The van der Waals surface area contributed by atoms with Crippen LogP contribution in [0, 0.1) is 0 Å². The van der Waals surface area contributed by atoms with Crippen molar-refractivity contribution in [3.63, 3.8) is 0 Å². The topological polar surface area (TPSA) is 37.7 Å². The van der Waals surface area contributed by atoms with Gasteiger partial charge in [0.1, 0.15) is 0 Å². The molecule has 1 saturated heterocycles. The van der Waals surface area contributed by atoms with Crippen LogP contribution in [-0.4, -0.2) is 48.1 Å². The van der Waals surface area contributed by atoms with Gasteiger partial charge in [0.2, 0.25) is 6.35 Å². The summed E-state index contributed by atoms with van der Waals surface area (Å²) in [6.45, 7) is 2.04. The van der Waals surface area contributed by atoms with E-state index in [1.54, 1.807) is 18.3 Å². The second-order valence-corrected chi connectivity index (χ2v) is 4.50. The highest BCUT2D eigenvalue weighted by Crippen LogP contribution is 2.12. The minimum absolute atomic E-state index is 0.140. The van der Waals surface area contributed by atoms with Crippen molar-refractivity contribution in [2.75, 3.05) is 27.2 Å². The first-order valence-electron chi connectivity index (χ1n) is 5.94. The molecule has 0 aliphatic carbocycles. The molecule has 1 aliphatic rings. The molecule has 2 heterocycles. The summed E-state index contributed by atoms with van der Waals surface area (Å²) in [5.74, 6) is 0. The standard InChI is InChI=1S/C12H19N3O2/c1-13(2)12(14-8-5-6-9-14)17-15-10-4-3-7-11(15)16/h3-4,7,10,12H,5-6,8-9H2,1-2H3. The van der Waals surface area contributed by atoms with Crippen LogP contribution in [0.3, 0.4) is 0 Å². The molecule has 0 N–H and O–H groups in total. The van der Waals surface area contributed by atoms with Gasteiger partial charge in [-0.05, 0) is 33.0 Å². The van der Waals surface area contributed by atoms with Gasteiger partial charge < -0.3 is 4.84 Å². The Bertz CT molecular complexity index is 410. The molecule has 1 fully saturated rings. The molecule has 2 rings (SSSR count). The molecule has 0 bridgehead atoms. The highest BCUT2D eigenvalue weighted by Gasteiger charge is 2.25. The fourth-order valence-corrected chi connectivity index (χ4v) is 2.05. The van der Waals surface area contributed by atoms with Crippen molar-refractivity contribution in [1.29, 1.82) is 0 Å². The lowest BCUT2D eigenvalue weighted by Gasteiger charge is -2.32. The van der Waals surface area contributed by atoms with E-state index in [9.17, 15) is 4.79 Å². The van der Waals surface area contributed by atoms with Crippen molar-refractivity contribution in [3.05, 3.63) is 34.7 Å². The van der Waals surface area contributed by atoms with Gasteiger partial charge in [-0.25, -0.2) is 0 Å². The molecule has 1 aromatic heterocycles. The van der Waals surface area contributed by atoms with E-state index in [0.717, 1.165) is 13.1 Å². The van der Waals surface area contributed by atoms with Crippen LogP contribution in [0.5, 0.6) is 0 Å². The zero-order chi connectivity index (χ0) is 12.3. The van der Waals surface area contributed by atoms with Crippen LogP contribution < -0.4 is 10.4 Å². The number of aromatic nitrogens is 1. The number of pyridine rings is 1. The maximum Gasteiger partial charge on any atom is 0.283 e. The van der Waals surface area contributed by atoms with Crippen LogP contribution in [0.2, 0.25) is 0 Å². The lowest BCUT2D eigenvalue weighted by Crippen LogP contribution is -2.51. The van der Waals surface area contributed by atoms with Crippen LogP contribution in [0.4, 0.5) is 0 Å². The largest absolute Gasteiger partial charge is 0.375 e. The quantitative estimate of drug-likeness (QED) is 0.702. The maximum absolute atomic E-state index is 11.6. The van der Waals surface area contributed by atoms with Crippen LogP contribution in [0.25, 0.3) is 0 Å². The van der Waals surface area contributed by atoms with E-state index in [1.165, 1.54) is 23.6 Å². The zero-order valence-corrected chi connectivity index (χ0v) is 10.4. The first kappa shape index (κ1) is 12.1. The molecule has 5 heteroatoms. The highest BCUT2D eigenvalue weighted by atomic mass is 16.7. The number of rotatable bonds is 4. The molecule has 1 aliphatic heterocycles. The van der Waals surface area contributed by atoms with Gasteiger partial charge in [0.25, 0.3) is 5.56 Å². The molecular weight excluding hydrogens is 218 g/mol. The predicted octanol–water partition coefficient (Wildman–Crippen LogP) is 0.218. The van der Waals surface area contributed by atoms with Crippen molar-refractivity contribution in [2.45, 2.75) is 19.2 Å². The first-order chi connectivity index (χ1) is 8.18. The van der Waals surface area contributed by atoms with Crippen LogP contribution in [0.1, 0.15) is 12.8 Å². The van der Waals surface area contributed by atoms with Gasteiger partial charge in [-0.1, -0.05) is 6.07 Å². The van der Waals surface area contributed by atoms with E-state index in [1.807, 2.05) is 19.0 Å². The van der Waals surface area contributed by atoms with E-state index in [4.69, 9.17) is 4.84 Å². The molecule has 94 valence electrons. The number of hydrogen-bond acceptors (Lipinski definition) is 4. The summed E-state index contributed by atoms with van der Waals surface area (Å²) in [6, 6.07) is 5.00.